The SMILES string of the molecule is C=C([SiH3])CC.C=C([SiH3])CCC.CCC=C([SiH3])CC.CCC=C[SiH3].CCCC=C[SiH3]. The summed E-state index contributed by atoms with van der Waals surface area (Å²) >= 11 is 0. The van der Waals surface area contributed by atoms with E-state index in [1.54, 1.807) is 5.20 Å². The zero-order valence-corrected chi connectivity index (χ0v) is 32.5. The van der Waals surface area contributed by atoms with E-state index in [0.717, 1.165) is 0 Å². The van der Waals surface area contributed by atoms with Crippen LogP contribution in [0.4, 0.5) is 0 Å². The summed E-state index contributed by atoms with van der Waals surface area (Å²) in [6.45, 7) is 20.6. The Kier molecular flexibility index (Phi) is 56.9. The van der Waals surface area contributed by atoms with Crippen LogP contribution in [0.2, 0.25) is 0 Å². The molecule has 0 spiro atoms. The van der Waals surface area contributed by atoms with E-state index in [1.807, 2.05) is 0 Å². The molecule has 0 saturated carbocycles. The first kappa shape index (κ1) is 39.3. The predicted molar refractivity (Wildman–Crippen MR) is 165 cm³/mol. The first-order valence-corrected chi connectivity index (χ1v) is 17.2. The van der Waals surface area contributed by atoms with Gasteiger partial charge in [0.15, 0.2) is 0 Å². The summed E-state index contributed by atoms with van der Waals surface area (Å²) in [6.07, 6.45) is 16.7. The largest absolute Gasteiger partial charge is 0.109 e. The molecule has 0 N–H and O–H groups in total. The van der Waals surface area contributed by atoms with Gasteiger partial charge in [-0.2, -0.15) is 0 Å². The van der Waals surface area contributed by atoms with Crippen molar-refractivity contribution in [1.29, 1.82) is 0 Å². The van der Waals surface area contributed by atoms with Gasteiger partial charge in [-0.25, -0.2) is 0 Å². The summed E-state index contributed by atoms with van der Waals surface area (Å²) in [4.78, 5) is 0. The molecule has 0 bridgehead atoms. The molecule has 0 atom stereocenters. The van der Waals surface area contributed by atoms with Gasteiger partial charge in [0, 0.05) is 51.2 Å². The zero-order valence-electron chi connectivity index (χ0n) is 22.5. The normalized spacial score (nSPS) is 10.3. The monoisotopic (exact) mass is 486 g/mol. The highest BCUT2D eigenvalue weighted by atomic mass is 28.2. The van der Waals surface area contributed by atoms with Gasteiger partial charge in [0.05, 0.1) is 0 Å². The summed E-state index contributed by atoms with van der Waals surface area (Å²) < 4.78 is 0. The number of allylic oxidation sites excluding steroid dienone is 6. The van der Waals surface area contributed by atoms with Gasteiger partial charge in [0.2, 0.25) is 0 Å². The summed E-state index contributed by atoms with van der Waals surface area (Å²) in [6, 6.07) is 0. The Morgan fingerprint density at radius 2 is 1.17 bits per heavy atom. The van der Waals surface area contributed by atoms with E-state index in [9.17, 15) is 0 Å². The second-order valence-electron chi connectivity index (χ2n) is 7.17. The van der Waals surface area contributed by atoms with Gasteiger partial charge in [-0.3, -0.25) is 0 Å². The Labute approximate surface area is 202 Å². The lowest BCUT2D eigenvalue weighted by Crippen LogP contribution is -1.74. The molecule has 0 amide bonds. The highest BCUT2D eigenvalue weighted by Crippen LogP contribution is 1.94. The average molecular weight is 487 g/mol. The van der Waals surface area contributed by atoms with Gasteiger partial charge in [0.25, 0.3) is 0 Å². The van der Waals surface area contributed by atoms with Gasteiger partial charge < -0.3 is 0 Å². The minimum absolute atomic E-state index is 1.17. The van der Waals surface area contributed by atoms with Crippen LogP contribution in [0.1, 0.15) is 92.9 Å². The molecule has 174 valence electrons. The van der Waals surface area contributed by atoms with Crippen LogP contribution in [-0.2, 0) is 0 Å². The Balaban J connectivity index is -0.0000000833. The van der Waals surface area contributed by atoms with E-state index in [1.165, 1.54) is 113 Å². The molecule has 0 aliphatic carbocycles. The Morgan fingerprint density at radius 3 is 1.24 bits per heavy atom. The van der Waals surface area contributed by atoms with Crippen LogP contribution in [0.3, 0.4) is 0 Å². The number of rotatable bonds is 8. The van der Waals surface area contributed by atoms with Crippen LogP contribution in [0.15, 0.2) is 58.4 Å². The second-order valence-corrected chi connectivity index (χ2v) is 12.6. The summed E-state index contributed by atoms with van der Waals surface area (Å²) in [5, 5.41) is 4.46. The van der Waals surface area contributed by atoms with Crippen molar-refractivity contribution in [2.24, 2.45) is 0 Å². The molecular weight excluding hydrogens is 429 g/mol. The third-order valence-corrected chi connectivity index (χ3v) is 6.82. The molecular formula is C24H58Si5. The smallest absolute Gasteiger partial charge is 0.0328 e. The van der Waals surface area contributed by atoms with Crippen molar-refractivity contribution in [3.63, 3.8) is 0 Å². The Hall–Kier alpha value is -0.216. The minimum Gasteiger partial charge on any atom is -0.109 e. The Morgan fingerprint density at radius 1 is 0.690 bits per heavy atom. The summed E-state index contributed by atoms with van der Waals surface area (Å²) in [5.74, 6) is 0. The summed E-state index contributed by atoms with van der Waals surface area (Å²) in [7, 11) is 6.06. The topological polar surface area (TPSA) is 0 Å². The van der Waals surface area contributed by atoms with Gasteiger partial charge in [-0.15, -0.1) is 24.6 Å². The van der Waals surface area contributed by atoms with E-state index in [2.05, 4.69) is 84.3 Å². The highest BCUT2D eigenvalue weighted by molar-refractivity contribution is 6.21. The molecule has 0 aromatic rings. The van der Waals surface area contributed by atoms with Crippen molar-refractivity contribution in [2.75, 3.05) is 0 Å². The molecule has 0 radical (unpaired) electrons. The lowest BCUT2D eigenvalue weighted by atomic mass is 10.3. The first-order chi connectivity index (χ1) is 13.7. The molecule has 0 rings (SSSR count). The van der Waals surface area contributed by atoms with E-state index in [4.69, 9.17) is 0 Å². The van der Waals surface area contributed by atoms with E-state index < -0.39 is 0 Å². The maximum atomic E-state index is 3.81. The van der Waals surface area contributed by atoms with Crippen molar-refractivity contribution in [2.45, 2.75) is 92.9 Å². The number of hydrogen-bond donors (Lipinski definition) is 0. The lowest BCUT2D eigenvalue weighted by molar-refractivity contribution is 0.947. The van der Waals surface area contributed by atoms with Crippen molar-refractivity contribution in [3.8, 4) is 0 Å². The van der Waals surface area contributed by atoms with Crippen LogP contribution in [0.5, 0.6) is 0 Å². The molecule has 0 aromatic heterocycles. The lowest BCUT2D eigenvalue weighted by Gasteiger charge is -1.88. The highest BCUT2D eigenvalue weighted by Gasteiger charge is 1.77. The van der Waals surface area contributed by atoms with Gasteiger partial charge in [0.1, 0.15) is 0 Å². The van der Waals surface area contributed by atoms with Crippen molar-refractivity contribution in [3.05, 3.63) is 58.4 Å². The maximum Gasteiger partial charge on any atom is 0.0328 e. The van der Waals surface area contributed by atoms with Crippen LogP contribution in [0, 0.1) is 0 Å². The molecule has 0 aromatic carbocycles. The molecule has 0 aliphatic rings. The van der Waals surface area contributed by atoms with Crippen LogP contribution < -0.4 is 0 Å². The molecule has 0 nitrogen and oxygen atoms in total. The maximum absolute atomic E-state index is 3.81. The third kappa shape index (κ3) is 84.5. The standard InChI is InChI=1S/C6H14Si.2C5H12Si.2C4H10Si/c1-3-5-6(7)4-2;1-3-4-5(2)6;1-2-3-4-5-6;1-3-4(2)5;1-2-3-4-5/h5H,3-4H2,1-2,7H3;2-4H2,1,6H3;4-5H,2-3H2,1,6H3;2-3H2,1,5H3;3-4H,2H2,1,5H3. The van der Waals surface area contributed by atoms with E-state index >= 15 is 0 Å². The van der Waals surface area contributed by atoms with Gasteiger partial charge in [-0.1, -0.05) is 88.2 Å². The van der Waals surface area contributed by atoms with E-state index in [0.29, 0.717) is 0 Å². The number of unbranched alkanes of at least 4 members (excludes halogenated alkanes) is 1. The molecule has 5 heteroatoms. The van der Waals surface area contributed by atoms with Crippen molar-refractivity contribution in [1.82, 2.24) is 0 Å². The molecule has 0 fully saturated rings. The quantitative estimate of drug-likeness (QED) is 0.463. The molecule has 0 heterocycles. The van der Waals surface area contributed by atoms with Crippen molar-refractivity contribution < 1.29 is 0 Å². The molecule has 29 heavy (non-hydrogen) atoms. The fourth-order valence-electron chi connectivity index (χ4n) is 1.49. The molecule has 0 saturated heterocycles. The Bertz CT molecular complexity index is 396. The van der Waals surface area contributed by atoms with Crippen LogP contribution >= 0.6 is 0 Å². The van der Waals surface area contributed by atoms with Gasteiger partial charge >= 0.3 is 0 Å². The molecule has 0 unspecified atom stereocenters. The van der Waals surface area contributed by atoms with Gasteiger partial charge in [-0.05, 0) is 38.5 Å². The van der Waals surface area contributed by atoms with Crippen LogP contribution in [0.25, 0.3) is 0 Å². The minimum atomic E-state index is 1.17. The molecule has 0 aliphatic heterocycles. The fourth-order valence-corrected chi connectivity index (χ4v) is 3.20. The number of hydrogen-bond acceptors (Lipinski definition) is 0. The third-order valence-electron chi connectivity index (χ3n) is 3.55. The predicted octanol–water partition coefficient (Wildman–Crippen LogP) is 2.94. The van der Waals surface area contributed by atoms with E-state index in [-0.39, 0.29) is 0 Å². The summed E-state index contributed by atoms with van der Waals surface area (Å²) in [5.41, 5.74) is 4.42. The first-order valence-electron chi connectivity index (χ1n) is 11.8. The fraction of sp³-hybridized carbons (Fsp3) is 0.583. The average Bonchev–Trinajstić information content (AvgIpc) is 2.69. The zero-order chi connectivity index (χ0) is 23.9. The second kappa shape index (κ2) is 42.0. The van der Waals surface area contributed by atoms with Crippen molar-refractivity contribution >= 4 is 51.2 Å². The van der Waals surface area contributed by atoms with Crippen LogP contribution in [-0.4, -0.2) is 51.2 Å².